The minimum absolute atomic E-state index is 0.00655. The third kappa shape index (κ3) is 2.85. The van der Waals surface area contributed by atoms with Crippen LogP contribution in [0, 0.1) is 16.0 Å². The Morgan fingerprint density at radius 3 is 2.73 bits per heavy atom. The van der Waals surface area contributed by atoms with Crippen molar-refractivity contribution in [2.24, 2.45) is 5.92 Å². The predicted octanol–water partition coefficient (Wildman–Crippen LogP) is 2.45. The number of nitrogens with zero attached hydrogens (tertiary/aromatic N) is 2. The smallest absolute Gasteiger partial charge is 0.233 e. The number of hydrogen-bond acceptors (Lipinski definition) is 3. The van der Waals surface area contributed by atoms with E-state index in [1.807, 2.05) is 11.0 Å². The lowest BCUT2D eigenvalue weighted by Crippen LogP contribution is -2.45. The van der Waals surface area contributed by atoms with Crippen LogP contribution in [-0.4, -0.2) is 34.4 Å². The molecule has 1 aromatic rings. The van der Waals surface area contributed by atoms with E-state index in [1.54, 1.807) is 0 Å². The van der Waals surface area contributed by atoms with E-state index < -0.39 is 12.0 Å². The fraction of sp³-hybridized carbons (Fsp3) is 0.588. The van der Waals surface area contributed by atoms with Crippen LogP contribution >= 0.6 is 0 Å². The van der Waals surface area contributed by atoms with Crippen LogP contribution in [0.3, 0.4) is 0 Å². The average Bonchev–Trinajstić information content (AvgIpc) is 3.32. The molecule has 0 radical (unpaired) electrons. The Morgan fingerprint density at radius 2 is 2.09 bits per heavy atom. The molecule has 2 aliphatic carbocycles. The predicted molar refractivity (Wildman–Crippen MR) is 83.1 cm³/mol. The van der Waals surface area contributed by atoms with E-state index in [4.69, 9.17) is 0 Å². The van der Waals surface area contributed by atoms with Gasteiger partial charge in [-0.1, -0.05) is 31.2 Å². The second-order valence-corrected chi connectivity index (χ2v) is 6.39. The molecule has 3 unspecified atom stereocenters. The number of amides is 1. The summed E-state index contributed by atoms with van der Waals surface area (Å²) in [4.78, 5) is 25.1. The summed E-state index contributed by atoms with van der Waals surface area (Å²) in [7, 11) is 0. The molecular formula is C17H22N2O3. The van der Waals surface area contributed by atoms with Crippen molar-refractivity contribution in [3.63, 3.8) is 0 Å². The number of benzene rings is 1. The van der Waals surface area contributed by atoms with Gasteiger partial charge in [0.25, 0.3) is 0 Å². The molecule has 1 fully saturated rings. The van der Waals surface area contributed by atoms with Crippen molar-refractivity contribution < 1.29 is 9.72 Å². The largest absolute Gasteiger partial charge is 0.339 e. The lowest BCUT2D eigenvalue weighted by Gasteiger charge is -2.35. The van der Waals surface area contributed by atoms with Crippen LogP contribution in [0.4, 0.5) is 0 Å². The summed E-state index contributed by atoms with van der Waals surface area (Å²) >= 11 is 0. The highest BCUT2D eigenvalue weighted by molar-refractivity contribution is 5.82. The molecule has 0 aromatic heterocycles. The third-order valence-corrected chi connectivity index (χ3v) is 4.85. The van der Waals surface area contributed by atoms with E-state index >= 15 is 0 Å². The van der Waals surface area contributed by atoms with Gasteiger partial charge in [-0.2, -0.15) is 0 Å². The lowest BCUT2D eigenvalue weighted by molar-refractivity contribution is -0.497. The number of carbonyl (C=O) groups excluding carboxylic acids is 1. The highest BCUT2D eigenvalue weighted by Gasteiger charge is 2.55. The fourth-order valence-corrected chi connectivity index (χ4v) is 3.55. The van der Waals surface area contributed by atoms with E-state index in [2.05, 4.69) is 25.1 Å². The van der Waals surface area contributed by atoms with Gasteiger partial charge in [0.05, 0.1) is 0 Å². The topological polar surface area (TPSA) is 63.5 Å². The van der Waals surface area contributed by atoms with Gasteiger partial charge in [0, 0.05) is 23.9 Å². The maximum atomic E-state index is 12.6. The molecule has 0 saturated heterocycles. The average molecular weight is 302 g/mol. The molecule has 1 saturated carbocycles. The first-order valence-electron chi connectivity index (χ1n) is 8.12. The summed E-state index contributed by atoms with van der Waals surface area (Å²) in [6.45, 7) is 2.75. The minimum Gasteiger partial charge on any atom is -0.339 e. The van der Waals surface area contributed by atoms with Gasteiger partial charge < -0.3 is 4.90 Å². The Morgan fingerprint density at radius 1 is 1.36 bits per heavy atom. The second-order valence-electron chi connectivity index (χ2n) is 6.39. The molecule has 1 aromatic carbocycles. The van der Waals surface area contributed by atoms with Crippen LogP contribution in [0.5, 0.6) is 0 Å². The SMILES string of the molecule is CCCN(C(=O)C1CC1[N+](=O)[O-])C1CCc2ccccc2C1. The molecule has 0 bridgehead atoms. The first-order chi connectivity index (χ1) is 10.6. The van der Waals surface area contributed by atoms with Crippen molar-refractivity contribution in [1.29, 1.82) is 0 Å². The van der Waals surface area contributed by atoms with Crippen molar-refractivity contribution in [2.75, 3.05) is 6.54 Å². The molecule has 3 rings (SSSR count). The van der Waals surface area contributed by atoms with Gasteiger partial charge in [-0.05, 0) is 36.8 Å². The fourth-order valence-electron chi connectivity index (χ4n) is 3.55. The van der Waals surface area contributed by atoms with Gasteiger partial charge in [-0.3, -0.25) is 14.9 Å². The van der Waals surface area contributed by atoms with Crippen molar-refractivity contribution in [3.05, 3.63) is 45.5 Å². The number of nitro groups is 1. The first-order valence-corrected chi connectivity index (χ1v) is 8.12. The van der Waals surface area contributed by atoms with Crippen molar-refractivity contribution in [1.82, 2.24) is 4.90 Å². The molecule has 0 spiro atoms. The number of rotatable bonds is 5. The summed E-state index contributed by atoms with van der Waals surface area (Å²) in [6.07, 6.45) is 4.11. The minimum atomic E-state index is -0.650. The Balaban J connectivity index is 1.72. The van der Waals surface area contributed by atoms with Crippen LogP contribution in [-0.2, 0) is 17.6 Å². The molecule has 5 heteroatoms. The van der Waals surface area contributed by atoms with Crippen LogP contribution < -0.4 is 0 Å². The zero-order chi connectivity index (χ0) is 15.7. The molecule has 2 aliphatic rings. The summed E-state index contributed by atoms with van der Waals surface area (Å²) < 4.78 is 0. The number of carbonyl (C=O) groups is 1. The van der Waals surface area contributed by atoms with Crippen molar-refractivity contribution >= 4 is 5.91 Å². The van der Waals surface area contributed by atoms with Crippen LogP contribution in [0.15, 0.2) is 24.3 Å². The Labute approximate surface area is 130 Å². The summed E-state index contributed by atoms with van der Waals surface area (Å²) in [6, 6.07) is 7.92. The van der Waals surface area contributed by atoms with Crippen LogP contribution in [0.2, 0.25) is 0 Å². The van der Waals surface area contributed by atoms with Crippen LogP contribution in [0.1, 0.15) is 37.3 Å². The van der Waals surface area contributed by atoms with E-state index in [9.17, 15) is 14.9 Å². The molecule has 118 valence electrons. The normalized spacial score (nSPS) is 26.1. The summed E-state index contributed by atoms with van der Waals surface area (Å²) in [5.41, 5.74) is 2.69. The van der Waals surface area contributed by atoms with E-state index in [-0.39, 0.29) is 16.9 Å². The maximum absolute atomic E-state index is 12.6. The Bertz CT molecular complexity index is 587. The number of aryl methyl sites for hydroxylation is 1. The Hall–Kier alpha value is -1.91. The molecule has 0 aliphatic heterocycles. The second kappa shape index (κ2) is 6.07. The van der Waals surface area contributed by atoms with Gasteiger partial charge in [0.2, 0.25) is 11.9 Å². The molecule has 0 heterocycles. The van der Waals surface area contributed by atoms with Crippen LogP contribution in [0.25, 0.3) is 0 Å². The quantitative estimate of drug-likeness (QED) is 0.620. The standard InChI is InChI=1S/C17H22N2O3/c1-2-9-18(17(20)15-11-16(15)19(21)22)14-8-7-12-5-3-4-6-13(12)10-14/h3-6,14-16H,2,7-11H2,1H3. The zero-order valence-corrected chi connectivity index (χ0v) is 12.9. The van der Waals surface area contributed by atoms with Gasteiger partial charge in [-0.25, -0.2) is 0 Å². The molecule has 1 amide bonds. The number of fused-ring (bicyclic) bond motifs is 1. The molecule has 3 atom stereocenters. The van der Waals surface area contributed by atoms with E-state index in [0.717, 1.165) is 25.7 Å². The zero-order valence-electron chi connectivity index (χ0n) is 12.9. The lowest BCUT2D eigenvalue weighted by atomic mass is 9.87. The maximum Gasteiger partial charge on any atom is 0.233 e. The van der Waals surface area contributed by atoms with Gasteiger partial charge in [0.1, 0.15) is 5.92 Å². The molecule has 0 N–H and O–H groups in total. The molecule has 22 heavy (non-hydrogen) atoms. The van der Waals surface area contributed by atoms with E-state index in [1.165, 1.54) is 11.1 Å². The highest BCUT2D eigenvalue weighted by Crippen LogP contribution is 2.36. The van der Waals surface area contributed by atoms with E-state index in [0.29, 0.717) is 13.0 Å². The van der Waals surface area contributed by atoms with Gasteiger partial charge >= 0.3 is 0 Å². The Kier molecular flexibility index (Phi) is 4.14. The summed E-state index contributed by atoms with van der Waals surface area (Å²) in [5.74, 6) is -0.397. The summed E-state index contributed by atoms with van der Waals surface area (Å²) in [5, 5.41) is 10.8. The van der Waals surface area contributed by atoms with Gasteiger partial charge in [-0.15, -0.1) is 0 Å². The monoisotopic (exact) mass is 302 g/mol. The third-order valence-electron chi connectivity index (χ3n) is 4.85. The molecular weight excluding hydrogens is 280 g/mol. The van der Waals surface area contributed by atoms with Gasteiger partial charge in [0.15, 0.2) is 0 Å². The first kappa shape index (κ1) is 15.0. The van der Waals surface area contributed by atoms with Crippen molar-refractivity contribution in [2.45, 2.75) is 51.1 Å². The van der Waals surface area contributed by atoms with Crippen molar-refractivity contribution in [3.8, 4) is 0 Å². The highest BCUT2D eigenvalue weighted by atomic mass is 16.6. The number of hydrogen-bond donors (Lipinski definition) is 0. The molecule has 5 nitrogen and oxygen atoms in total.